The number of pyridine rings is 1. The molecule has 0 amide bonds. The number of fused-ring (bicyclic) bond motifs is 1. The Balaban J connectivity index is 1.40. The summed E-state index contributed by atoms with van der Waals surface area (Å²) < 4.78 is 7.98. The summed E-state index contributed by atoms with van der Waals surface area (Å²) in [5, 5.41) is 8.89. The fourth-order valence-electron chi connectivity index (χ4n) is 3.18. The molecule has 0 saturated heterocycles. The van der Waals surface area contributed by atoms with Crippen LogP contribution < -0.4 is 4.74 Å². The molecule has 5 nitrogen and oxygen atoms in total. The molecule has 0 radical (unpaired) electrons. The first-order chi connectivity index (χ1) is 11.9. The van der Waals surface area contributed by atoms with E-state index in [1.165, 1.54) is 11.3 Å². The van der Waals surface area contributed by atoms with Gasteiger partial charge >= 0.3 is 0 Å². The molecule has 1 atom stereocenters. The highest BCUT2D eigenvalue weighted by Gasteiger charge is 2.25. The fourth-order valence-corrected chi connectivity index (χ4v) is 3.84. The van der Waals surface area contributed by atoms with Crippen LogP contribution >= 0.6 is 11.3 Å². The van der Waals surface area contributed by atoms with Crippen LogP contribution in [-0.2, 0) is 13.1 Å². The van der Waals surface area contributed by atoms with Crippen molar-refractivity contribution in [2.45, 2.75) is 25.6 Å². The second-order valence-corrected chi connectivity index (χ2v) is 6.83. The summed E-state index contributed by atoms with van der Waals surface area (Å²) in [5.74, 6) is 0.823. The van der Waals surface area contributed by atoms with E-state index in [4.69, 9.17) is 4.74 Å². The molecule has 0 saturated carbocycles. The highest BCUT2D eigenvalue weighted by atomic mass is 32.1. The molecule has 0 N–H and O–H groups in total. The number of aromatic nitrogens is 3. The predicted octanol–water partition coefficient (Wildman–Crippen LogP) is 3.37. The second kappa shape index (κ2) is 7.15. The van der Waals surface area contributed by atoms with E-state index in [1.807, 2.05) is 18.3 Å². The van der Waals surface area contributed by atoms with Crippen molar-refractivity contribution in [3.63, 3.8) is 0 Å². The first kappa shape index (κ1) is 15.4. The molecule has 1 aliphatic rings. The van der Waals surface area contributed by atoms with E-state index < -0.39 is 0 Å². The third kappa shape index (κ3) is 3.49. The average Bonchev–Trinajstić information content (AvgIpc) is 3.27. The van der Waals surface area contributed by atoms with Gasteiger partial charge in [0.25, 0.3) is 0 Å². The SMILES string of the molecule is c1cncc(OCCC2CN(Cc3ccsc3)Cc3ccnn32)c1. The maximum atomic E-state index is 5.82. The van der Waals surface area contributed by atoms with Gasteiger partial charge in [-0.15, -0.1) is 0 Å². The number of rotatable bonds is 6. The van der Waals surface area contributed by atoms with Gasteiger partial charge in [0, 0.05) is 38.4 Å². The molecule has 124 valence electrons. The van der Waals surface area contributed by atoms with Crippen LogP contribution in [0.25, 0.3) is 0 Å². The van der Waals surface area contributed by atoms with Gasteiger partial charge in [-0.2, -0.15) is 16.4 Å². The molecule has 0 aromatic carbocycles. The summed E-state index contributed by atoms with van der Waals surface area (Å²) in [7, 11) is 0. The molecular weight excluding hydrogens is 320 g/mol. The summed E-state index contributed by atoms with van der Waals surface area (Å²) >= 11 is 1.76. The second-order valence-electron chi connectivity index (χ2n) is 6.05. The standard InChI is InChI=1S/C18H20N4OS/c1-2-18(10-19-6-1)23-8-4-17-13-21(11-15-5-9-24-14-15)12-16-3-7-20-22(16)17/h1-3,5-7,9-10,14,17H,4,8,11-13H2. The van der Waals surface area contributed by atoms with Crippen molar-refractivity contribution in [3.8, 4) is 5.75 Å². The summed E-state index contributed by atoms with van der Waals surface area (Å²) in [6, 6.07) is 8.51. The Morgan fingerprint density at radius 2 is 2.25 bits per heavy atom. The van der Waals surface area contributed by atoms with E-state index >= 15 is 0 Å². The molecular formula is C18H20N4OS. The molecule has 6 heteroatoms. The average molecular weight is 340 g/mol. The lowest BCUT2D eigenvalue weighted by Gasteiger charge is -2.33. The maximum Gasteiger partial charge on any atom is 0.137 e. The minimum Gasteiger partial charge on any atom is -0.492 e. The molecule has 1 aliphatic heterocycles. The number of hydrogen-bond donors (Lipinski definition) is 0. The van der Waals surface area contributed by atoms with Crippen LogP contribution in [-0.4, -0.2) is 32.8 Å². The van der Waals surface area contributed by atoms with Crippen LogP contribution in [0.5, 0.6) is 5.75 Å². The van der Waals surface area contributed by atoms with Crippen LogP contribution in [0.1, 0.15) is 23.7 Å². The van der Waals surface area contributed by atoms with Crippen molar-refractivity contribution >= 4 is 11.3 Å². The molecule has 0 bridgehead atoms. The number of thiophene rings is 1. The van der Waals surface area contributed by atoms with Gasteiger partial charge in [0.05, 0.1) is 24.5 Å². The Bertz CT molecular complexity index is 756. The van der Waals surface area contributed by atoms with E-state index in [2.05, 4.69) is 42.6 Å². The minimum atomic E-state index is 0.346. The zero-order valence-electron chi connectivity index (χ0n) is 13.4. The normalized spacial score (nSPS) is 17.6. The van der Waals surface area contributed by atoms with Crippen molar-refractivity contribution in [3.05, 3.63) is 64.9 Å². The monoisotopic (exact) mass is 340 g/mol. The predicted molar refractivity (Wildman–Crippen MR) is 94.0 cm³/mol. The van der Waals surface area contributed by atoms with Crippen LogP contribution in [0.2, 0.25) is 0 Å². The highest BCUT2D eigenvalue weighted by Crippen LogP contribution is 2.25. The van der Waals surface area contributed by atoms with Crippen molar-refractivity contribution in [1.82, 2.24) is 19.7 Å². The van der Waals surface area contributed by atoms with Crippen LogP contribution in [0.15, 0.2) is 53.6 Å². The topological polar surface area (TPSA) is 43.2 Å². The van der Waals surface area contributed by atoms with Crippen molar-refractivity contribution in [2.75, 3.05) is 13.2 Å². The quantitative estimate of drug-likeness (QED) is 0.690. The third-order valence-electron chi connectivity index (χ3n) is 4.29. The minimum absolute atomic E-state index is 0.346. The smallest absolute Gasteiger partial charge is 0.137 e. The van der Waals surface area contributed by atoms with E-state index in [-0.39, 0.29) is 0 Å². The Hall–Kier alpha value is -2.18. The van der Waals surface area contributed by atoms with Crippen LogP contribution in [0.4, 0.5) is 0 Å². The van der Waals surface area contributed by atoms with Crippen molar-refractivity contribution in [2.24, 2.45) is 0 Å². The van der Waals surface area contributed by atoms with Crippen molar-refractivity contribution in [1.29, 1.82) is 0 Å². The Morgan fingerprint density at radius 3 is 3.08 bits per heavy atom. The number of nitrogens with zero attached hydrogens (tertiary/aromatic N) is 4. The molecule has 0 aliphatic carbocycles. The summed E-state index contributed by atoms with van der Waals surface area (Å²) in [6.07, 6.45) is 6.34. The Kier molecular flexibility index (Phi) is 4.57. The first-order valence-corrected chi connectivity index (χ1v) is 9.11. The Labute approximate surface area is 145 Å². The summed E-state index contributed by atoms with van der Waals surface area (Å²) in [5.41, 5.74) is 2.67. The Morgan fingerprint density at radius 1 is 1.25 bits per heavy atom. The van der Waals surface area contributed by atoms with Gasteiger partial charge in [-0.3, -0.25) is 14.6 Å². The lowest BCUT2D eigenvalue weighted by atomic mass is 10.1. The third-order valence-corrected chi connectivity index (χ3v) is 5.03. The van der Waals surface area contributed by atoms with E-state index in [1.54, 1.807) is 23.7 Å². The van der Waals surface area contributed by atoms with Gasteiger partial charge < -0.3 is 4.74 Å². The number of ether oxygens (including phenoxy) is 1. The van der Waals surface area contributed by atoms with Gasteiger partial charge in [0.1, 0.15) is 5.75 Å². The zero-order chi connectivity index (χ0) is 16.2. The van der Waals surface area contributed by atoms with E-state index in [0.717, 1.165) is 31.8 Å². The molecule has 0 fully saturated rings. The molecule has 24 heavy (non-hydrogen) atoms. The molecule has 3 aromatic rings. The summed E-state index contributed by atoms with van der Waals surface area (Å²) in [6.45, 7) is 3.62. The molecule has 3 aromatic heterocycles. The lowest BCUT2D eigenvalue weighted by molar-refractivity contribution is 0.147. The van der Waals surface area contributed by atoms with Gasteiger partial charge in [0.2, 0.25) is 0 Å². The molecule has 1 unspecified atom stereocenters. The van der Waals surface area contributed by atoms with E-state index in [9.17, 15) is 0 Å². The van der Waals surface area contributed by atoms with Crippen LogP contribution in [0.3, 0.4) is 0 Å². The van der Waals surface area contributed by atoms with Gasteiger partial charge in [0.15, 0.2) is 0 Å². The lowest BCUT2D eigenvalue weighted by Crippen LogP contribution is -2.37. The summed E-state index contributed by atoms with van der Waals surface area (Å²) in [4.78, 5) is 6.58. The highest BCUT2D eigenvalue weighted by molar-refractivity contribution is 7.07. The van der Waals surface area contributed by atoms with Crippen molar-refractivity contribution < 1.29 is 4.74 Å². The van der Waals surface area contributed by atoms with Gasteiger partial charge in [-0.25, -0.2) is 0 Å². The molecule has 4 heterocycles. The largest absolute Gasteiger partial charge is 0.492 e. The van der Waals surface area contributed by atoms with Crippen LogP contribution in [0, 0.1) is 0 Å². The van der Waals surface area contributed by atoms with Gasteiger partial charge in [-0.05, 0) is 40.6 Å². The van der Waals surface area contributed by atoms with Gasteiger partial charge in [-0.1, -0.05) is 0 Å². The first-order valence-electron chi connectivity index (χ1n) is 8.17. The maximum absolute atomic E-state index is 5.82. The molecule has 0 spiro atoms. The fraction of sp³-hybridized carbons (Fsp3) is 0.333. The zero-order valence-corrected chi connectivity index (χ0v) is 14.2. The number of hydrogen-bond acceptors (Lipinski definition) is 5. The van der Waals surface area contributed by atoms with E-state index in [0.29, 0.717) is 12.6 Å². The molecule has 4 rings (SSSR count).